The zero-order chi connectivity index (χ0) is 20.6. The molecular weight excluding hydrogens is 388 g/mol. The van der Waals surface area contributed by atoms with Crippen LogP contribution in [0.15, 0.2) is 80.8 Å². The molecule has 1 heterocycles. The maximum Gasteiger partial charge on any atom is 0.347 e. The average Bonchev–Trinajstić information content (AvgIpc) is 2.68. The minimum Gasteiger partial charge on any atom is -0.403 e. The molecule has 7 heteroatoms. The molecule has 3 aromatic carbocycles. The first kappa shape index (κ1) is 18.9. The Hall–Kier alpha value is -3.45. The molecule has 0 saturated heterocycles. The molecule has 0 bridgehead atoms. The molecule has 1 N–H and O–H groups in total. The Balaban J connectivity index is 1.83. The molecule has 146 valence electrons. The third kappa shape index (κ3) is 3.77. The zero-order valence-corrected chi connectivity index (χ0v) is 16.7. The van der Waals surface area contributed by atoms with E-state index in [0.717, 1.165) is 11.1 Å². The summed E-state index contributed by atoms with van der Waals surface area (Å²) in [5.74, 6) is 0.0512. The van der Waals surface area contributed by atoms with Crippen LogP contribution in [0.3, 0.4) is 0 Å². The van der Waals surface area contributed by atoms with Crippen LogP contribution in [-0.4, -0.2) is 13.4 Å². The van der Waals surface area contributed by atoms with Gasteiger partial charge in [0.25, 0.3) is 10.0 Å². The Bertz CT molecular complexity index is 1370. The van der Waals surface area contributed by atoms with E-state index in [1.807, 2.05) is 13.8 Å². The Morgan fingerprint density at radius 2 is 1.59 bits per heavy atom. The van der Waals surface area contributed by atoms with Crippen molar-refractivity contribution in [2.45, 2.75) is 18.7 Å². The quantitative estimate of drug-likeness (QED) is 0.547. The van der Waals surface area contributed by atoms with Crippen LogP contribution in [-0.2, 0) is 10.0 Å². The van der Waals surface area contributed by atoms with Gasteiger partial charge in [0.1, 0.15) is 0 Å². The number of benzene rings is 3. The lowest BCUT2D eigenvalue weighted by molar-refractivity contribution is 0.518. The fourth-order valence-corrected chi connectivity index (χ4v) is 4.05. The molecule has 0 unspecified atom stereocenters. The van der Waals surface area contributed by atoms with E-state index in [2.05, 4.69) is 9.71 Å². The molecule has 0 fully saturated rings. The molecule has 0 aliphatic rings. The zero-order valence-electron chi connectivity index (χ0n) is 15.8. The van der Waals surface area contributed by atoms with Gasteiger partial charge >= 0.3 is 5.63 Å². The summed E-state index contributed by atoms with van der Waals surface area (Å²) in [5.41, 5.74) is 2.43. The topological polar surface area (TPSA) is 89.3 Å². The maximum atomic E-state index is 12.9. The van der Waals surface area contributed by atoms with Gasteiger partial charge in [0.15, 0.2) is 0 Å². The first-order chi connectivity index (χ1) is 13.8. The highest BCUT2D eigenvalue weighted by Crippen LogP contribution is 2.30. The highest BCUT2D eigenvalue weighted by atomic mass is 32.2. The molecule has 29 heavy (non-hydrogen) atoms. The van der Waals surface area contributed by atoms with Crippen LogP contribution in [0, 0.1) is 13.8 Å². The number of sulfonamides is 1. The minimum absolute atomic E-state index is 0.0512. The SMILES string of the molecule is Cc1ccc(S(=O)(=O)Nc2cc(C)ccc2-c2nc3ccccc3c(=O)o2)cc1. The number of aryl methyl sites for hydroxylation is 2. The van der Waals surface area contributed by atoms with E-state index in [1.165, 1.54) is 0 Å². The van der Waals surface area contributed by atoms with Crippen molar-refractivity contribution in [1.29, 1.82) is 0 Å². The van der Waals surface area contributed by atoms with E-state index < -0.39 is 15.6 Å². The standard InChI is InChI=1S/C22H18N2O4S/c1-14-7-10-16(11-8-14)29(26,27)24-20-13-15(2)9-12-17(20)21-23-19-6-4-3-5-18(19)22(25)28-21/h3-13,24H,1-2H3. The summed E-state index contributed by atoms with van der Waals surface area (Å²) in [5, 5.41) is 0.366. The van der Waals surface area contributed by atoms with Gasteiger partial charge in [0.05, 0.1) is 27.0 Å². The Kier molecular flexibility index (Phi) is 4.68. The third-order valence-electron chi connectivity index (χ3n) is 4.52. The molecule has 6 nitrogen and oxygen atoms in total. The number of anilines is 1. The second kappa shape index (κ2) is 7.18. The Morgan fingerprint density at radius 1 is 0.897 bits per heavy atom. The molecule has 0 radical (unpaired) electrons. The summed E-state index contributed by atoms with van der Waals surface area (Å²) in [7, 11) is -3.83. The van der Waals surface area contributed by atoms with Gasteiger partial charge in [-0.2, -0.15) is 0 Å². The lowest BCUT2D eigenvalue weighted by Crippen LogP contribution is -2.14. The largest absolute Gasteiger partial charge is 0.403 e. The van der Waals surface area contributed by atoms with E-state index in [4.69, 9.17) is 4.42 Å². The van der Waals surface area contributed by atoms with Gasteiger partial charge in [-0.3, -0.25) is 4.72 Å². The fourth-order valence-electron chi connectivity index (χ4n) is 2.98. The average molecular weight is 406 g/mol. The van der Waals surface area contributed by atoms with Crippen molar-refractivity contribution in [1.82, 2.24) is 4.98 Å². The van der Waals surface area contributed by atoms with Crippen molar-refractivity contribution in [2.24, 2.45) is 0 Å². The number of hydrogen-bond donors (Lipinski definition) is 1. The van der Waals surface area contributed by atoms with Gasteiger partial charge in [-0.1, -0.05) is 35.9 Å². The van der Waals surface area contributed by atoms with Gasteiger partial charge in [0, 0.05) is 0 Å². The lowest BCUT2D eigenvalue weighted by atomic mass is 10.1. The molecule has 0 atom stereocenters. The van der Waals surface area contributed by atoms with Crippen molar-refractivity contribution in [3.05, 3.63) is 88.3 Å². The van der Waals surface area contributed by atoms with Crippen molar-refractivity contribution in [3.8, 4) is 11.5 Å². The number of para-hydroxylation sites is 1. The summed E-state index contributed by atoms with van der Waals surface area (Å²) in [6, 6.07) is 18.6. The number of nitrogens with zero attached hydrogens (tertiary/aromatic N) is 1. The van der Waals surface area contributed by atoms with E-state index in [9.17, 15) is 13.2 Å². The number of fused-ring (bicyclic) bond motifs is 1. The summed E-state index contributed by atoms with van der Waals surface area (Å²) in [6.45, 7) is 3.73. The van der Waals surface area contributed by atoms with E-state index in [0.29, 0.717) is 16.5 Å². The second-order valence-electron chi connectivity index (χ2n) is 6.79. The first-order valence-corrected chi connectivity index (χ1v) is 10.4. The molecule has 4 aromatic rings. The number of rotatable bonds is 4. The molecule has 0 saturated carbocycles. The third-order valence-corrected chi connectivity index (χ3v) is 5.90. The summed E-state index contributed by atoms with van der Waals surface area (Å²) < 4.78 is 33.7. The summed E-state index contributed by atoms with van der Waals surface area (Å²) >= 11 is 0. The van der Waals surface area contributed by atoms with Crippen LogP contribution in [0.2, 0.25) is 0 Å². The van der Waals surface area contributed by atoms with E-state index in [-0.39, 0.29) is 16.5 Å². The number of aromatic nitrogens is 1. The molecule has 4 rings (SSSR count). The Labute approximate surface area is 167 Å². The van der Waals surface area contributed by atoms with Crippen molar-refractivity contribution in [3.63, 3.8) is 0 Å². The molecule has 0 aliphatic heterocycles. The van der Waals surface area contributed by atoms with Gasteiger partial charge in [0.2, 0.25) is 5.89 Å². The van der Waals surface area contributed by atoms with Crippen LogP contribution in [0.5, 0.6) is 0 Å². The van der Waals surface area contributed by atoms with Crippen LogP contribution in [0.4, 0.5) is 5.69 Å². The second-order valence-corrected chi connectivity index (χ2v) is 8.47. The lowest BCUT2D eigenvalue weighted by Gasteiger charge is -2.13. The van der Waals surface area contributed by atoms with Crippen molar-refractivity contribution < 1.29 is 12.8 Å². The molecule has 0 aliphatic carbocycles. The first-order valence-electron chi connectivity index (χ1n) is 8.94. The van der Waals surface area contributed by atoms with Crippen LogP contribution < -0.4 is 10.3 Å². The number of hydrogen-bond acceptors (Lipinski definition) is 5. The molecule has 0 spiro atoms. The molecule has 0 amide bonds. The van der Waals surface area contributed by atoms with Gasteiger partial charge in [-0.15, -0.1) is 0 Å². The summed E-state index contributed by atoms with van der Waals surface area (Å²) in [4.78, 5) is 16.9. The summed E-state index contributed by atoms with van der Waals surface area (Å²) in [6.07, 6.45) is 0. The minimum atomic E-state index is -3.83. The van der Waals surface area contributed by atoms with Gasteiger partial charge in [-0.05, 0) is 55.8 Å². The molecule has 1 aromatic heterocycles. The monoisotopic (exact) mass is 406 g/mol. The predicted octanol–water partition coefficient (Wildman–Crippen LogP) is 4.27. The van der Waals surface area contributed by atoms with Crippen molar-refractivity contribution >= 4 is 26.6 Å². The van der Waals surface area contributed by atoms with E-state index >= 15 is 0 Å². The molecular formula is C22H18N2O4S. The highest BCUT2D eigenvalue weighted by molar-refractivity contribution is 7.92. The van der Waals surface area contributed by atoms with Gasteiger partial charge < -0.3 is 4.42 Å². The van der Waals surface area contributed by atoms with E-state index in [1.54, 1.807) is 66.7 Å². The predicted molar refractivity (Wildman–Crippen MR) is 112 cm³/mol. The normalized spacial score (nSPS) is 11.5. The number of nitrogens with one attached hydrogen (secondary N) is 1. The fraction of sp³-hybridized carbons (Fsp3) is 0.0909. The smallest absolute Gasteiger partial charge is 0.347 e. The maximum absolute atomic E-state index is 12.9. The van der Waals surface area contributed by atoms with Crippen LogP contribution in [0.25, 0.3) is 22.4 Å². The van der Waals surface area contributed by atoms with Crippen LogP contribution >= 0.6 is 0 Å². The Morgan fingerprint density at radius 3 is 2.34 bits per heavy atom. The van der Waals surface area contributed by atoms with Gasteiger partial charge in [-0.25, -0.2) is 18.2 Å². The van der Waals surface area contributed by atoms with Crippen LogP contribution in [0.1, 0.15) is 11.1 Å². The highest BCUT2D eigenvalue weighted by Gasteiger charge is 2.19. The van der Waals surface area contributed by atoms with Crippen molar-refractivity contribution in [2.75, 3.05) is 4.72 Å².